The summed E-state index contributed by atoms with van der Waals surface area (Å²) in [5, 5.41) is 0.130. The summed E-state index contributed by atoms with van der Waals surface area (Å²) in [6, 6.07) is 6.75. The molecular weight excluding hydrogens is 250 g/mol. The Morgan fingerprint density at radius 3 is 2.56 bits per heavy atom. The quantitative estimate of drug-likeness (QED) is 0.623. The van der Waals surface area contributed by atoms with Gasteiger partial charge in [-0.3, -0.25) is 9.78 Å². The van der Waals surface area contributed by atoms with E-state index < -0.39 is 23.7 Å². The molecule has 0 amide bonds. The van der Waals surface area contributed by atoms with Crippen molar-refractivity contribution in [3.8, 4) is 0 Å². The molecule has 0 unspecified atom stereocenters. The summed E-state index contributed by atoms with van der Waals surface area (Å²) in [7, 11) is 0. The highest BCUT2D eigenvalue weighted by atomic mass is 19.3. The lowest BCUT2D eigenvalue weighted by Crippen LogP contribution is -2.36. The fraction of sp³-hybridized carbons (Fsp3) is 0.167. The fourth-order valence-electron chi connectivity index (χ4n) is 1.58. The molecule has 0 saturated heterocycles. The second kappa shape index (κ2) is 4.36. The van der Waals surface area contributed by atoms with E-state index in [1.807, 2.05) is 0 Å². The van der Waals surface area contributed by atoms with E-state index >= 15 is 0 Å². The largest absolute Gasteiger partial charge is 0.368 e. The number of aromatic nitrogens is 1. The second-order valence-electron chi connectivity index (χ2n) is 3.63. The monoisotopic (exact) mass is 257 g/mol. The van der Waals surface area contributed by atoms with E-state index in [1.54, 1.807) is 0 Å². The highest BCUT2D eigenvalue weighted by Crippen LogP contribution is 2.30. The Balaban J connectivity index is 2.59. The zero-order chi connectivity index (χ0) is 13.3. The van der Waals surface area contributed by atoms with Crippen molar-refractivity contribution in [2.24, 2.45) is 0 Å². The number of halogens is 4. The van der Waals surface area contributed by atoms with Crippen molar-refractivity contribution < 1.29 is 22.4 Å². The van der Waals surface area contributed by atoms with E-state index in [2.05, 4.69) is 4.98 Å². The molecule has 0 aliphatic heterocycles. The molecule has 18 heavy (non-hydrogen) atoms. The van der Waals surface area contributed by atoms with E-state index in [4.69, 9.17) is 0 Å². The van der Waals surface area contributed by atoms with Gasteiger partial charge in [0.05, 0.1) is 5.52 Å². The number of Topliss-reactive ketones (excluding diaryl/α,β-unsaturated/α-hetero) is 1. The van der Waals surface area contributed by atoms with Crippen LogP contribution in [0, 0.1) is 0 Å². The van der Waals surface area contributed by atoms with E-state index in [-0.39, 0.29) is 5.39 Å². The standard InChI is InChI=1S/C12H7F4NO/c13-11(14)12(15,16)10(18)8-3-1-5-9-7(8)4-2-6-17-9/h1-6,11H. The molecule has 0 aliphatic rings. The van der Waals surface area contributed by atoms with Crippen LogP contribution in [0.4, 0.5) is 17.6 Å². The minimum absolute atomic E-state index is 0.130. The first kappa shape index (κ1) is 12.5. The van der Waals surface area contributed by atoms with Gasteiger partial charge in [-0.25, -0.2) is 8.78 Å². The molecule has 0 fully saturated rings. The molecule has 1 aromatic heterocycles. The smallest absolute Gasteiger partial charge is 0.287 e. The van der Waals surface area contributed by atoms with Gasteiger partial charge in [-0.2, -0.15) is 8.78 Å². The van der Waals surface area contributed by atoms with Gasteiger partial charge in [0.25, 0.3) is 0 Å². The number of fused-ring (bicyclic) bond motifs is 1. The first-order chi connectivity index (χ1) is 8.44. The fourth-order valence-corrected chi connectivity index (χ4v) is 1.58. The molecule has 0 aliphatic carbocycles. The van der Waals surface area contributed by atoms with Crippen molar-refractivity contribution in [3.63, 3.8) is 0 Å². The average molecular weight is 257 g/mol. The van der Waals surface area contributed by atoms with Crippen LogP contribution in [-0.4, -0.2) is 23.1 Å². The van der Waals surface area contributed by atoms with Gasteiger partial charge in [0.2, 0.25) is 5.78 Å². The minimum atomic E-state index is -4.69. The van der Waals surface area contributed by atoms with Crippen LogP contribution >= 0.6 is 0 Å². The Bertz CT molecular complexity index is 592. The maximum absolute atomic E-state index is 13.0. The number of hydrogen-bond acceptors (Lipinski definition) is 2. The predicted octanol–water partition coefficient (Wildman–Crippen LogP) is 3.32. The second-order valence-corrected chi connectivity index (χ2v) is 3.63. The molecule has 0 N–H and O–H groups in total. The summed E-state index contributed by atoms with van der Waals surface area (Å²) >= 11 is 0. The molecule has 2 nitrogen and oxygen atoms in total. The number of alkyl halides is 4. The van der Waals surface area contributed by atoms with Crippen LogP contribution in [-0.2, 0) is 0 Å². The summed E-state index contributed by atoms with van der Waals surface area (Å²) in [5.74, 6) is -6.58. The van der Waals surface area contributed by atoms with Gasteiger partial charge in [-0.05, 0) is 12.1 Å². The Kier molecular flexibility index (Phi) is 3.02. The molecule has 0 spiro atoms. The number of pyridine rings is 1. The lowest BCUT2D eigenvalue weighted by molar-refractivity contribution is -0.0957. The molecule has 0 atom stereocenters. The lowest BCUT2D eigenvalue weighted by atomic mass is 10.0. The third-order valence-electron chi connectivity index (χ3n) is 2.47. The average Bonchev–Trinajstić information content (AvgIpc) is 2.37. The summed E-state index contributed by atoms with van der Waals surface area (Å²) in [5.41, 5.74) is -0.153. The number of hydrogen-bond donors (Lipinski definition) is 0. The summed E-state index contributed by atoms with van der Waals surface area (Å²) in [6.07, 6.45) is -2.61. The lowest BCUT2D eigenvalue weighted by Gasteiger charge is -2.14. The van der Waals surface area contributed by atoms with E-state index in [1.165, 1.54) is 30.5 Å². The Morgan fingerprint density at radius 2 is 1.89 bits per heavy atom. The van der Waals surface area contributed by atoms with Gasteiger partial charge >= 0.3 is 12.3 Å². The number of carbonyl (C=O) groups is 1. The Hall–Kier alpha value is -1.98. The van der Waals surface area contributed by atoms with Gasteiger partial charge in [-0.1, -0.05) is 18.2 Å². The van der Waals surface area contributed by atoms with Crippen molar-refractivity contribution in [2.45, 2.75) is 12.3 Å². The molecule has 2 rings (SSSR count). The minimum Gasteiger partial charge on any atom is -0.287 e. The summed E-state index contributed by atoms with van der Waals surface area (Å²) in [4.78, 5) is 15.3. The van der Waals surface area contributed by atoms with Gasteiger partial charge in [-0.15, -0.1) is 0 Å². The van der Waals surface area contributed by atoms with Crippen molar-refractivity contribution in [1.82, 2.24) is 4.98 Å². The molecule has 6 heteroatoms. The summed E-state index contributed by atoms with van der Waals surface area (Å²) < 4.78 is 50.4. The zero-order valence-corrected chi connectivity index (χ0v) is 8.91. The maximum atomic E-state index is 13.0. The van der Waals surface area contributed by atoms with Crippen LogP contribution in [0.25, 0.3) is 10.9 Å². The highest BCUT2D eigenvalue weighted by Gasteiger charge is 2.49. The molecule has 1 aromatic carbocycles. The van der Waals surface area contributed by atoms with Gasteiger partial charge in [0, 0.05) is 17.1 Å². The van der Waals surface area contributed by atoms with Crippen LogP contribution < -0.4 is 0 Å². The van der Waals surface area contributed by atoms with Crippen molar-refractivity contribution in [3.05, 3.63) is 42.1 Å². The maximum Gasteiger partial charge on any atom is 0.368 e. The molecule has 0 saturated carbocycles. The number of rotatable bonds is 3. The van der Waals surface area contributed by atoms with Crippen molar-refractivity contribution in [1.29, 1.82) is 0 Å². The number of carbonyl (C=O) groups excluding carboxylic acids is 1. The van der Waals surface area contributed by atoms with E-state index in [9.17, 15) is 22.4 Å². The highest BCUT2D eigenvalue weighted by molar-refractivity contribution is 6.10. The van der Waals surface area contributed by atoms with Crippen LogP contribution in [0.5, 0.6) is 0 Å². The van der Waals surface area contributed by atoms with Crippen molar-refractivity contribution in [2.75, 3.05) is 0 Å². The van der Waals surface area contributed by atoms with E-state index in [0.717, 1.165) is 6.07 Å². The van der Waals surface area contributed by atoms with Crippen molar-refractivity contribution >= 4 is 16.7 Å². The van der Waals surface area contributed by atoms with Gasteiger partial charge < -0.3 is 0 Å². The van der Waals surface area contributed by atoms with E-state index in [0.29, 0.717) is 5.52 Å². The van der Waals surface area contributed by atoms with Crippen LogP contribution in [0.2, 0.25) is 0 Å². The molecule has 1 heterocycles. The molecule has 0 bridgehead atoms. The van der Waals surface area contributed by atoms with Gasteiger partial charge in [0.1, 0.15) is 0 Å². The van der Waals surface area contributed by atoms with Crippen LogP contribution in [0.3, 0.4) is 0 Å². The zero-order valence-electron chi connectivity index (χ0n) is 8.91. The third kappa shape index (κ3) is 1.94. The molecule has 2 aromatic rings. The first-order valence-corrected chi connectivity index (χ1v) is 4.99. The number of benzene rings is 1. The molecule has 0 radical (unpaired) electrons. The van der Waals surface area contributed by atoms with Crippen LogP contribution in [0.15, 0.2) is 36.5 Å². The predicted molar refractivity (Wildman–Crippen MR) is 57.0 cm³/mol. The summed E-state index contributed by atoms with van der Waals surface area (Å²) in [6.45, 7) is 0. The first-order valence-electron chi connectivity index (χ1n) is 4.99. The number of nitrogens with zero attached hydrogens (tertiary/aromatic N) is 1. The van der Waals surface area contributed by atoms with Gasteiger partial charge in [0.15, 0.2) is 0 Å². The third-order valence-corrected chi connectivity index (χ3v) is 2.47. The SMILES string of the molecule is O=C(c1cccc2ncccc12)C(F)(F)C(F)F. The molecular formula is C12H7F4NO. The Morgan fingerprint density at radius 1 is 1.17 bits per heavy atom. The topological polar surface area (TPSA) is 30.0 Å². The Labute approximate surface area is 99.3 Å². The number of ketones is 1. The van der Waals surface area contributed by atoms with Crippen LogP contribution in [0.1, 0.15) is 10.4 Å². The molecule has 94 valence electrons. The normalized spacial score (nSPS) is 12.1.